The van der Waals surface area contributed by atoms with Gasteiger partial charge in [-0.15, -0.1) is 5.10 Å². The first-order valence-corrected chi connectivity index (χ1v) is 6.12. The van der Waals surface area contributed by atoms with E-state index in [9.17, 15) is 4.79 Å². The van der Waals surface area contributed by atoms with E-state index in [1.807, 2.05) is 0 Å². The highest BCUT2D eigenvalue weighted by Gasteiger charge is 2.08. The summed E-state index contributed by atoms with van der Waals surface area (Å²) in [5.41, 5.74) is 6.03. The molecular formula is C12H13N5O2S. The predicted octanol–water partition coefficient (Wildman–Crippen LogP) is 0.560. The normalized spacial score (nSPS) is 10.1. The van der Waals surface area contributed by atoms with E-state index in [-0.39, 0.29) is 23.3 Å². The standard InChI is InChI=1S/C12H13N5O2S/c1-19-9-4-2-3-8(5-9)15-10(18)6-17-7-14-12(16-17)11(13)20/h2-5,7H,6H2,1H3,(H2,13,20)(H,15,18). The number of nitrogens with zero attached hydrogens (tertiary/aromatic N) is 3. The molecular weight excluding hydrogens is 278 g/mol. The van der Waals surface area contributed by atoms with Crippen LogP contribution in [0.1, 0.15) is 5.82 Å². The predicted molar refractivity (Wildman–Crippen MR) is 77.5 cm³/mol. The first kappa shape index (κ1) is 13.9. The third-order valence-corrected chi connectivity index (χ3v) is 2.60. The van der Waals surface area contributed by atoms with Crippen molar-refractivity contribution in [2.24, 2.45) is 5.73 Å². The summed E-state index contributed by atoms with van der Waals surface area (Å²) < 4.78 is 6.44. The largest absolute Gasteiger partial charge is 0.497 e. The van der Waals surface area contributed by atoms with Crippen LogP contribution in [0.3, 0.4) is 0 Å². The number of hydrogen-bond acceptors (Lipinski definition) is 5. The van der Waals surface area contributed by atoms with E-state index in [1.165, 1.54) is 11.0 Å². The Bertz CT molecular complexity index is 640. The summed E-state index contributed by atoms with van der Waals surface area (Å²) in [5.74, 6) is 0.672. The fraction of sp³-hybridized carbons (Fsp3) is 0.167. The summed E-state index contributed by atoms with van der Waals surface area (Å²) in [5, 5.41) is 6.71. The number of anilines is 1. The highest BCUT2D eigenvalue weighted by molar-refractivity contribution is 7.80. The van der Waals surface area contributed by atoms with Gasteiger partial charge in [0.05, 0.1) is 7.11 Å². The van der Waals surface area contributed by atoms with E-state index in [1.54, 1.807) is 31.4 Å². The van der Waals surface area contributed by atoms with Crippen LogP contribution >= 0.6 is 12.2 Å². The van der Waals surface area contributed by atoms with Crippen LogP contribution in [0.5, 0.6) is 5.75 Å². The fourth-order valence-corrected chi connectivity index (χ4v) is 1.63. The molecule has 0 radical (unpaired) electrons. The van der Waals surface area contributed by atoms with Crippen molar-refractivity contribution in [3.05, 3.63) is 36.4 Å². The molecule has 1 aromatic carbocycles. The van der Waals surface area contributed by atoms with E-state index in [4.69, 9.17) is 22.7 Å². The molecule has 0 bridgehead atoms. The molecule has 2 aromatic rings. The third-order valence-electron chi connectivity index (χ3n) is 2.42. The number of methoxy groups -OCH3 is 1. The molecule has 0 aliphatic heterocycles. The van der Waals surface area contributed by atoms with Crippen molar-refractivity contribution < 1.29 is 9.53 Å². The van der Waals surface area contributed by atoms with Gasteiger partial charge in [-0.05, 0) is 12.1 Å². The Hall–Kier alpha value is -2.48. The number of carbonyl (C=O) groups excluding carboxylic acids is 1. The zero-order valence-corrected chi connectivity index (χ0v) is 11.6. The SMILES string of the molecule is COc1cccc(NC(=O)Cn2cnc(C(N)=S)n2)c1. The molecule has 0 saturated heterocycles. The Kier molecular flexibility index (Phi) is 4.26. The zero-order valence-electron chi connectivity index (χ0n) is 10.7. The quantitative estimate of drug-likeness (QED) is 0.782. The molecule has 0 spiro atoms. The second-order valence-electron chi connectivity index (χ2n) is 3.91. The maximum absolute atomic E-state index is 11.9. The van der Waals surface area contributed by atoms with Gasteiger partial charge >= 0.3 is 0 Å². The molecule has 104 valence electrons. The summed E-state index contributed by atoms with van der Waals surface area (Å²) in [7, 11) is 1.56. The lowest BCUT2D eigenvalue weighted by Gasteiger charge is -2.06. The topological polar surface area (TPSA) is 95.1 Å². The lowest BCUT2D eigenvalue weighted by atomic mass is 10.3. The molecule has 0 saturated carbocycles. The van der Waals surface area contributed by atoms with E-state index >= 15 is 0 Å². The monoisotopic (exact) mass is 291 g/mol. The Balaban J connectivity index is 1.99. The van der Waals surface area contributed by atoms with Crippen molar-refractivity contribution in [2.45, 2.75) is 6.54 Å². The molecule has 0 atom stereocenters. The molecule has 20 heavy (non-hydrogen) atoms. The van der Waals surface area contributed by atoms with Crippen molar-refractivity contribution in [1.82, 2.24) is 14.8 Å². The Morgan fingerprint density at radius 3 is 3.00 bits per heavy atom. The Morgan fingerprint density at radius 2 is 2.35 bits per heavy atom. The minimum Gasteiger partial charge on any atom is -0.497 e. The number of aromatic nitrogens is 3. The molecule has 8 heteroatoms. The van der Waals surface area contributed by atoms with Crippen molar-refractivity contribution in [1.29, 1.82) is 0 Å². The van der Waals surface area contributed by atoms with E-state index < -0.39 is 0 Å². The third kappa shape index (κ3) is 3.51. The molecule has 1 aromatic heterocycles. The van der Waals surface area contributed by atoms with Gasteiger partial charge in [-0.2, -0.15) is 0 Å². The minimum atomic E-state index is -0.238. The van der Waals surface area contributed by atoms with E-state index in [2.05, 4.69) is 15.4 Å². The van der Waals surface area contributed by atoms with Crippen LogP contribution in [0.4, 0.5) is 5.69 Å². The highest BCUT2D eigenvalue weighted by Crippen LogP contribution is 2.16. The number of carbonyl (C=O) groups is 1. The first-order chi connectivity index (χ1) is 9.58. The molecule has 2 rings (SSSR count). The van der Waals surface area contributed by atoms with Crippen LogP contribution in [0, 0.1) is 0 Å². The first-order valence-electron chi connectivity index (χ1n) is 5.71. The lowest BCUT2D eigenvalue weighted by Crippen LogP contribution is -2.20. The summed E-state index contributed by atoms with van der Waals surface area (Å²) in [6.07, 6.45) is 1.40. The summed E-state index contributed by atoms with van der Waals surface area (Å²) in [6, 6.07) is 7.07. The van der Waals surface area contributed by atoms with Crippen molar-refractivity contribution in [3.8, 4) is 5.75 Å². The molecule has 1 heterocycles. The van der Waals surface area contributed by atoms with Crippen LogP contribution in [-0.4, -0.2) is 32.8 Å². The zero-order chi connectivity index (χ0) is 14.5. The maximum Gasteiger partial charge on any atom is 0.246 e. The minimum absolute atomic E-state index is 0.0207. The summed E-state index contributed by atoms with van der Waals surface area (Å²) >= 11 is 4.75. The van der Waals surface area contributed by atoms with Crippen molar-refractivity contribution >= 4 is 28.8 Å². The average molecular weight is 291 g/mol. The van der Waals surface area contributed by atoms with Gasteiger partial charge in [0.15, 0.2) is 0 Å². The molecule has 0 aliphatic carbocycles. The molecule has 7 nitrogen and oxygen atoms in total. The van der Waals surface area contributed by atoms with Gasteiger partial charge in [-0.25, -0.2) is 9.67 Å². The van der Waals surface area contributed by atoms with Crippen LogP contribution in [0.25, 0.3) is 0 Å². The van der Waals surface area contributed by atoms with Gasteiger partial charge < -0.3 is 15.8 Å². The molecule has 3 N–H and O–H groups in total. The number of nitrogens with one attached hydrogen (secondary N) is 1. The van der Waals surface area contributed by atoms with Gasteiger partial charge in [-0.1, -0.05) is 18.3 Å². The second kappa shape index (κ2) is 6.11. The highest BCUT2D eigenvalue weighted by atomic mass is 32.1. The molecule has 1 amide bonds. The summed E-state index contributed by atoms with van der Waals surface area (Å²) in [4.78, 5) is 15.8. The number of hydrogen-bond donors (Lipinski definition) is 2. The van der Waals surface area contributed by atoms with Gasteiger partial charge in [0, 0.05) is 11.8 Å². The van der Waals surface area contributed by atoms with Crippen LogP contribution in [-0.2, 0) is 11.3 Å². The Morgan fingerprint density at radius 1 is 1.55 bits per heavy atom. The molecule has 0 fully saturated rings. The van der Waals surface area contributed by atoms with E-state index in [0.717, 1.165) is 0 Å². The Labute approximate surface area is 120 Å². The number of amides is 1. The lowest BCUT2D eigenvalue weighted by molar-refractivity contribution is -0.116. The fourth-order valence-electron chi connectivity index (χ4n) is 1.53. The number of rotatable bonds is 5. The van der Waals surface area contributed by atoms with Gasteiger partial charge in [-0.3, -0.25) is 4.79 Å². The van der Waals surface area contributed by atoms with Crippen molar-refractivity contribution in [2.75, 3.05) is 12.4 Å². The maximum atomic E-state index is 11.9. The second-order valence-corrected chi connectivity index (χ2v) is 4.35. The number of thiocarbonyl (C=S) groups is 1. The van der Waals surface area contributed by atoms with Crippen LogP contribution in [0.2, 0.25) is 0 Å². The van der Waals surface area contributed by atoms with Crippen LogP contribution < -0.4 is 15.8 Å². The van der Waals surface area contributed by atoms with E-state index in [0.29, 0.717) is 11.4 Å². The van der Waals surface area contributed by atoms with Gasteiger partial charge in [0.2, 0.25) is 11.7 Å². The van der Waals surface area contributed by atoms with Crippen LogP contribution in [0.15, 0.2) is 30.6 Å². The smallest absolute Gasteiger partial charge is 0.246 e. The number of nitrogens with two attached hydrogens (primary N) is 1. The van der Waals surface area contributed by atoms with Gasteiger partial charge in [0.1, 0.15) is 23.6 Å². The van der Waals surface area contributed by atoms with Gasteiger partial charge in [0.25, 0.3) is 0 Å². The number of ether oxygens (including phenoxy) is 1. The molecule has 0 aliphatic rings. The number of benzene rings is 1. The average Bonchev–Trinajstić information content (AvgIpc) is 2.87. The molecule has 0 unspecified atom stereocenters. The van der Waals surface area contributed by atoms with Crippen molar-refractivity contribution in [3.63, 3.8) is 0 Å². The summed E-state index contributed by atoms with van der Waals surface area (Å²) in [6.45, 7) is 0.0207.